The van der Waals surface area contributed by atoms with E-state index in [4.69, 9.17) is 11.6 Å². The molecule has 0 bridgehead atoms. The molecule has 2 aromatic rings. The first kappa shape index (κ1) is 11.9. The number of thiophene rings is 1. The van der Waals surface area contributed by atoms with Gasteiger partial charge in [-0.2, -0.15) is 11.3 Å². The largest absolute Gasteiger partial charge is 0.349 e. The molecule has 1 saturated carbocycles. The number of halogens is 1. The number of aryl methyl sites for hydroxylation is 1. The van der Waals surface area contributed by atoms with Crippen LogP contribution in [-0.2, 0) is 6.54 Å². The fraction of sp³-hybridized carbons (Fsp3) is 0.385. The van der Waals surface area contributed by atoms with Crippen molar-refractivity contribution in [3.05, 3.63) is 39.4 Å². The smallest absolute Gasteiger partial charge is 0.224 e. The van der Waals surface area contributed by atoms with Crippen molar-refractivity contribution in [3.63, 3.8) is 0 Å². The molecule has 3 nitrogen and oxygen atoms in total. The van der Waals surface area contributed by atoms with E-state index in [-0.39, 0.29) is 0 Å². The molecule has 94 valence electrons. The maximum absolute atomic E-state index is 5.95. The second-order valence-corrected chi connectivity index (χ2v) is 5.75. The summed E-state index contributed by atoms with van der Waals surface area (Å²) in [7, 11) is 0. The van der Waals surface area contributed by atoms with Crippen LogP contribution in [0.2, 0.25) is 5.28 Å². The standard InChI is InChI=1S/C13H14ClN3S/c1-9-6-12(16-13(14)15-9)17(11-2-3-11)7-10-4-5-18-8-10/h4-6,8,11H,2-3,7H2,1H3. The molecule has 18 heavy (non-hydrogen) atoms. The summed E-state index contributed by atoms with van der Waals surface area (Å²) >= 11 is 7.68. The molecule has 1 fully saturated rings. The number of anilines is 1. The van der Waals surface area contributed by atoms with Gasteiger partial charge in [-0.3, -0.25) is 0 Å². The van der Waals surface area contributed by atoms with Gasteiger partial charge in [0.1, 0.15) is 5.82 Å². The summed E-state index contributed by atoms with van der Waals surface area (Å²) < 4.78 is 0. The summed E-state index contributed by atoms with van der Waals surface area (Å²) in [5, 5.41) is 4.63. The van der Waals surface area contributed by atoms with E-state index in [0.29, 0.717) is 11.3 Å². The SMILES string of the molecule is Cc1cc(N(Cc2ccsc2)C2CC2)nc(Cl)n1. The number of aromatic nitrogens is 2. The molecule has 2 aromatic heterocycles. The Labute approximate surface area is 115 Å². The van der Waals surface area contributed by atoms with Gasteiger partial charge in [0.15, 0.2) is 0 Å². The van der Waals surface area contributed by atoms with Gasteiger partial charge in [-0.05, 0) is 53.8 Å². The van der Waals surface area contributed by atoms with Crippen LogP contribution in [0.4, 0.5) is 5.82 Å². The average Bonchev–Trinajstić information content (AvgIpc) is 3.02. The predicted octanol–water partition coefficient (Wildman–Crippen LogP) is 3.67. The molecule has 0 N–H and O–H groups in total. The zero-order valence-corrected chi connectivity index (χ0v) is 11.7. The van der Waals surface area contributed by atoms with E-state index in [0.717, 1.165) is 18.1 Å². The second-order valence-electron chi connectivity index (χ2n) is 4.63. The van der Waals surface area contributed by atoms with E-state index in [1.165, 1.54) is 18.4 Å². The molecule has 1 aliphatic rings. The van der Waals surface area contributed by atoms with Gasteiger partial charge in [0.2, 0.25) is 5.28 Å². The molecular weight excluding hydrogens is 266 g/mol. The van der Waals surface area contributed by atoms with Gasteiger partial charge >= 0.3 is 0 Å². The first-order valence-corrected chi connectivity index (χ1v) is 7.33. The van der Waals surface area contributed by atoms with Crippen LogP contribution in [-0.4, -0.2) is 16.0 Å². The number of nitrogens with zero attached hydrogens (tertiary/aromatic N) is 3. The molecule has 0 aromatic carbocycles. The number of hydrogen-bond acceptors (Lipinski definition) is 4. The van der Waals surface area contributed by atoms with Crippen molar-refractivity contribution in [1.82, 2.24) is 9.97 Å². The third kappa shape index (κ3) is 2.65. The van der Waals surface area contributed by atoms with E-state index in [1.807, 2.05) is 13.0 Å². The first-order valence-electron chi connectivity index (χ1n) is 6.01. The topological polar surface area (TPSA) is 29.0 Å². The van der Waals surface area contributed by atoms with E-state index in [9.17, 15) is 0 Å². The van der Waals surface area contributed by atoms with Crippen LogP contribution in [0, 0.1) is 6.92 Å². The molecule has 2 heterocycles. The molecule has 5 heteroatoms. The molecule has 0 aliphatic heterocycles. The number of rotatable bonds is 4. The van der Waals surface area contributed by atoms with Gasteiger partial charge in [-0.1, -0.05) is 0 Å². The van der Waals surface area contributed by atoms with Crippen molar-refractivity contribution in [2.45, 2.75) is 32.4 Å². The summed E-state index contributed by atoms with van der Waals surface area (Å²) in [6.07, 6.45) is 2.48. The first-order chi connectivity index (χ1) is 8.72. The zero-order valence-electron chi connectivity index (χ0n) is 10.1. The van der Waals surface area contributed by atoms with Crippen LogP contribution in [0.25, 0.3) is 0 Å². The van der Waals surface area contributed by atoms with Crippen LogP contribution in [0.3, 0.4) is 0 Å². The molecule has 1 aliphatic carbocycles. The van der Waals surface area contributed by atoms with Crippen LogP contribution in [0.1, 0.15) is 24.1 Å². The van der Waals surface area contributed by atoms with Crippen molar-refractivity contribution < 1.29 is 0 Å². The lowest BCUT2D eigenvalue weighted by Crippen LogP contribution is -2.26. The second kappa shape index (κ2) is 4.86. The minimum atomic E-state index is 0.334. The Morgan fingerprint density at radius 3 is 2.89 bits per heavy atom. The van der Waals surface area contributed by atoms with Crippen LogP contribution >= 0.6 is 22.9 Å². The van der Waals surface area contributed by atoms with Crippen molar-refractivity contribution in [1.29, 1.82) is 0 Å². The highest BCUT2D eigenvalue weighted by atomic mass is 35.5. The Hall–Kier alpha value is -1.13. The quantitative estimate of drug-likeness (QED) is 0.800. The van der Waals surface area contributed by atoms with Crippen LogP contribution in [0.5, 0.6) is 0 Å². The zero-order chi connectivity index (χ0) is 12.5. The Kier molecular flexibility index (Phi) is 3.22. The monoisotopic (exact) mass is 279 g/mol. The lowest BCUT2D eigenvalue weighted by molar-refractivity contribution is 0.775. The molecule has 0 radical (unpaired) electrons. The van der Waals surface area contributed by atoms with E-state index < -0.39 is 0 Å². The Bertz CT molecular complexity index is 517. The average molecular weight is 280 g/mol. The highest BCUT2D eigenvalue weighted by molar-refractivity contribution is 7.07. The van der Waals surface area contributed by atoms with Crippen LogP contribution < -0.4 is 4.90 Å². The number of hydrogen-bond donors (Lipinski definition) is 0. The maximum atomic E-state index is 5.95. The van der Waals surface area contributed by atoms with E-state index in [2.05, 4.69) is 31.7 Å². The maximum Gasteiger partial charge on any atom is 0.224 e. The van der Waals surface area contributed by atoms with Crippen LogP contribution in [0.15, 0.2) is 22.9 Å². The summed E-state index contributed by atoms with van der Waals surface area (Å²) in [5.41, 5.74) is 2.25. The minimum Gasteiger partial charge on any atom is -0.349 e. The van der Waals surface area contributed by atoms with Gasteiger partial charge in [0.25, 0.3) is 0 Å². The summed E-state index contributed by atoms with van der Waals surface area (Å²) in [4.78, 5) is 10.8. The predicted molar refractivity (Wildman–Crippen MR) is 75.3 cm³/mol. The Morgan fingerprint density at radius 2 is 2.28 bits per heavy atom. The summed E-state index contributed by atoms with van der Waals surface area (Å²) in [6.45, 7) is 2.85. The molecule has 0 spiro atoms. The van der Waals surface area contributed by atoms with Gasteiger partial charge < -0.3 is 4.90 Å². The molecule has 0 unspecified atom stereocenters. The van der Waals surface area contributed by atoms with E-state index >= 15 is 0 Å². The summed E-state index contributed by atoms with van der Waals surface area (Å²) in [5.74, 6) is 0.946. The highest BCUT2D eigenvalue weighted by Gasteiger charge is 2.30. The lowest BCUT2D eigenvalue weighted by Gasteiger charge is -2.23. The third-order valence-corrected chi connectivity index (χ3v) is 3.93. The molecule has 0 saturated heterocycles. The van der Waals surface area contributed by atoms with Gasteiger partial charge in [0, 0.05) is 24.3 Å². The Morgan fingerprint density at radius 1 is 1.44 bits per heavy atom. The van der Waals surface area contributed by atoms with Gasteiger partial charge in [0.05, 0.1) is 0 Å². The fourth-order valence-electron chi connectivity index (χ4n) is 2.03. The molecule has 3 rings (SSSR count). The lowest BCUT2D eigenvalue weighted by atomic mass is 10.3. The van der Waals surface area contributed by atoms with Crippen molar-refractivity contribution in [2.75, 3.05) is 4.90 Å². The van der Waals surface area contributed by atoms with Crippen molar-refractivity contribution >= 4 is 28.8 Å². The fourth-order valence-corrected chi connectivity index (χ4v) is 2.91. The van der Waals surface area contributed by atoms with Crippen molar-refractivity contribution in [2.24, 2.45) is 0 Å². The molecule has 0 atom stereocenters. The van der Waals surface area contributed by atoms with Gasteiger partial charge in [-0.25, -0.2) is 9.97 Å². The minimum absolute atomic E-state index is 0.334. The van der Waals surface area contributed by atoms with Crippen molar-refractivity contribution in [3.8, 4) is 0 Å². The molecule has 0 amide bonds. The molecular formula is C13H14ClN3S. The summed E-state index contributed by atoms with van der Waals surface area (Å²) in [6, 6.07) is 4.78. The Balaban J connectivity index is 1.89. The van der Waals surface area contributed by atoms with Gasteiger partial charge in [-0.15, -0.1) is 0 Å². The van der Waals surface area contributed by atoms with E-state index in [1.54, 1.807) is 11.3 Å². The normalized spacial score (nSPS) is 14.8. The highest BCUT2D eigenvalue weighted by Crippen LogP contribution is 2.32. The third-order valence-electron chi connectivity index (χ3n) is 3.03.